The molecule has 8 heteroatoms. The Morgan fingerprint density at radius 2 is 1.81 bits per heavy atom. The number of rotatable bonds is 4. The lowest BCUT2D eigenvalue weighted by Crippen LogP contribution is -2.04. The molecule has 0 saturated carbocycles. The lowest BCUT2D eigenvalue weighted by atomic mass is 10.1. The lowest BCUT2D eigenvalue weighted by molar-refractivity contribution is -0.137. The Bertz CT molecular complexity index is 1290. The molecule has 31 heavy (non-hydrogen) atoms. The lowest BCUT2D eigenvalue weighted by Gasteiger charge is -2.07. The molecule has 0 N–H and O–H groups in total. The maximum atomic E-state index is 13.1. The monoisotopic (exact) mass is 440 g/mol. The van der Waals surface area contributed by atoms with Crippen LogP contribution in [0.25, 0.3) is 34.2 Å². The SMILES string of the molecule is N#CC(=Cc1ccc(-c2cccc(C(F)(F)F)c2)o1)c1nc(-c2ccc(F)cc2)cs1. The summed E-state index contributed by atoms with van der Waals surface area (Å²) in [6.45, 7) is 0. The van der Waals surface area contributed by atoms with Crippen LogP contribution in [0.2, 0.25) is 0 Å². The van der Waals surface area contributed by atoms with E-state index >= 15 is 0 Å². The first-order chi connectivity index (χ1) is 14.8. The molecule has 2 aromatic heterocycles. The van der Waals surface area contributed by atoms with Crippen molar-refractivity contribution in [2.24, 2.45) is 0 Å². The van der Waals surface area contributed by atoms with Crippen LogP contribution in [-0.2, 0) is 6.18 Å². The van der Waals surface area contributed by atoms with Crippen molar-refractivity contribution < 1.29 is 22.0 Å². The number of nitriles is 1. The maximum Gasteiger partial charge on any atom is 0.416 e. The predicted octanol–water partition coefficient (Wildman–Crippen LogP) is 7.29. The second-order valence-corrected chi connectivity index (χ2v) is 7.35. The number of nitrogens with zero attached hydrogens (tertiary/aromatic N) is 2. The zero-order valence-electron chi connectivity index (χ0n) is 15.7. The first-order valence-electron chi connectivity index (χ1n) is 8.94. The van der Waals surface area contributed by atoms with Crippen LogP contribution in [0.4, 0.5) is 17.6 Å². The molecule has 0 unspecified atom stereocenters. The number of furan rings is 1. The second kappa shape index (κ2) is 8.20. The number of thiazole rings is 1. The van der Waals surface area contributed by atoms with Crippen molar-refractivity contribution in [2.45, 2.75) is 6.18 Å². The standard InChI is InChI=1S/C23H12F4N2OS/c24-18-6-4-14(5-7-18)20-13-31-22(29-20)16(12-28)11-19-8-9-21(30-19)15-2-1-3-17(10-15)23(25,26)27/h1-11,13H. The van der Waals surface area contributed by atoms with E-state index in [4.69, 9.17) is 4.42 Å². The minimum absolute atomic E-state index is 0.239. The maximum absolute atomic E-state index is 13.1. The highest BCUT2D eigenvalue weighted by atomic mass is 32.1. The Balaban J connectivity index is 1.61. The summed E-state index contributed by atoms with van der Waals surface area (Å²) in [5.41, 5.74) is 1.06. The number of allylic oxidation sites excluding steroid dienone is 1. The summed E-state index contributed by atoms with van der Waals surface area (Å²) in [7, 11) is 0. The molecule has 4 rings (SSSR count). The zero-order chi connectivity index (χ0) is 22.0. The molecule has 0 bridgehead atoms. The van der Waals surface area contributed by atoms with Crippen LogP contribution in [0.3, 0.4) is 0 Å². The quantitative estimate of drug-likeness (QED) is 0.247. The fourth-order valence-electron chi connectivity index (χ4n) is 2.87. The van der Waals surface area contributed by atoms with Gasteiger partial charge in [0, 0.05) is 22.6 Å². The summed E-state index contributed by atoms with van der Waals surface area (Å²) in [6, 6.07) is 15.8. The third-order valence-corrected chi connectivity index (χ3v) is 5.26. The Labute approximate surface area is 178 Å². The van der Waals surface area contributed by atoms with Gasteiger partial charge in [0.15, 0.2) is 0 Å². The number of alkyl halides is 3. The second-order valence-electron chi connectivity index (χ2n) is 6.50. The highest BCUT2D eigenvalue weighted by Crippen LogP contribution is 2.33. The van der Waals surface area contributed by atoms with E-state index in [2.05, 4.69) is 11.1 Å². The summed E-state index contributed by atoms with van der Waals surface area (Å²) >= 11 is 1.25. The zero-order valence-corrected chi connectivity index (χ0v) is 16.5. The molecule has 2 aromatic carbocycles. The minimum atomic E-state index is -4.45. The topological polar surface area (TPSA) is 49.8 Å². The number of aromatic nitrogens is 1. The molecule has 0 atom stereocenters. The Kier molecular flexibility index (Phi) is 5.44. The molecule has 154 valence electrons. The summed E-state index contributed by atoms with van der Waals surface area (Å²) in [5.74, 6) is 0.203. The third-order valence-electron chi connectivity index (χ3n) is 4.38. The van der Waals surface area contributed by atoms with E-state index < -0.39 is 11.7 Å². The van der Waals surface area contributed by atoms with Crippen LogP contribution in [0, 0.1) is 17.1 Å². The fourth-order valence-corrected chi connectivity index (χ4v) is 3.66. The molecular weight excluding hydrogens is 428 g/mol. The molecular formula is C23H12F4N2OS. The fraction of sp³-hybridized carbons (Fsp3) is 0.0435. The first-order valence-corrected chi connectivity index (χ1v) is 9.82. The van der Waals surface area contributed by atoms with Gasteiger partial charge >= 0.3 is 6.18 Å². The van der Waals surface area contributed by atoms with Crippen LogP contribution < -0.4 is 0 Å². The van der Waals surface area contributed by atoms with Gasteiger partial charge in [-0.3, -0.25) is 0 Å². The van der Waals surface area contributed by atoms with Gasteiger partial charge in [-0.2, -0.15) is 18.4 Å². The molecule has 4 aromatic rings. The molecule has 0 aliphatic carbocycles. The van der Waals surface area contributed by atoms with Gasteiger partial charge in [-0.1, -0.05) is 12.1 Å². The predicted molar refractivity (Wildman–Crippen MR) is 110 cm³/mol. The van der Waals surface area contributed by atoms with Crippen molar-refractivity contribution in [3.05, 3.63) is 88.2 Å². The number of halogens is 4. The molecule has 0 aliphatic heterocycles. The van der Waals surface area contributed by atoms with E-state index in [9.17, 15) is 22.8 Å². The summed E-state index contributed by atoms with van der Waals surface area (Å²) in [6.07, 6.45) is -2.98. The summed E-state index contributed by atoms with van der Waals surface area (Å²) in [4.78, 5) is 4.42. The molecule has 3 nitrogen and oxygen atoms in total. The van der Waals surface area contributed by atoms with Crippen molar-refractivity contribution in [1.29, 1.82) is 5.26 Å². The van der Waals surface area contributed by atoms with Gasteiger partial charge in [0.1, 0.15) is 28.4 Å². The average Bonchev–Trinajstić information content (AvgIpc) is 3.42. The molecule has 0 fully saturated rings. The van der Waals surface area contributed by atoms with E-state index in [0.717, 1.165) is 12.1 Å². The van der Waals surface area contributed by atoms with Gasteiger partial charge in [0.2, 0.25) is 0 Å². The van der Waals surface area contributed by atoms with Crippen LogP contribution in [0.1, 0.15) is 16.3 Å². The number of hydrogen-bond acceptors (Lipinski definition) is 4. The molecule has 2 heterocycles. The number of benzene rings is 2. The van der Waals surface area contributed by atoms with Crippen molar-refractivity contribution in [2.75, 3.05) is 0 Å². The summed E-state index contributed by atoms with van der Waals surface area (Å²) < 4.78 is 57.6. The van der Waals surface area contributed by atoms with Crippen LogP contribution in [0.5, 0.6) is 0 Å². The van der Waals surface area contributed by atoms with Gasteiger partial charge in [-0.05, 0) is 48.5 Å². The smallest absolute Gasteiger partial charge is 0.416 e. The van der Waals surface area contributed by atoms with Crippen molar-refractivity contribution in [3.8, 4) is 28.7 Å². The Morgan fingerprint density at radius 1 is 1.03 bits per heavy atom. The van der Waals surface area contributed by atoms with Crippen LogP contribution in [-0.4, -0.2) is 4.98 Å². The summed E-state index contributed by atoms with van der Waals surface area (Å²) in [5, 5.41) is 11.7. The van der Waals surface area contributed by atoms with Crippen LogP contribution in [0.15, 0.2) is 70.5 Å². The van der Waals surface area contributed by atoms with E-state index in [0.29, 0.717) is 22.0 Å². The third kappa shape index (κ3) is 4.57. The first kappa shape index (κ1) is 20.6. The van der Waals surface area contributed by atoms with Gasteiger partial charge in [0.05, 0.1) is 16.8 Å². The van der Waals surface area contributed by atoms with Gasteiger partial charge in [-0.15, -0.1) is 11.3 Å². The molecule has 0 spiro atoms. The van der Waals surface area contributed by atoms with E-state index in [-0.39, 0.29) is 22.7 Å². The average molecular weight is 440 g/mol. The minimum Gasteiger partial charge on any atom is -0.457 e. The normalized spacial score (nSPS) is 12.0. The van der Waals surface area contributed by atoms with Gasteiger partial charge in [0.25, 0.3) is 0 Å². The van der Waals surface area contributed by atoms with E-state index in [1.807, 2.05) is 0 Å². The molecule has 0 radical (unpaired) electrons. The Morgan fingerprint density at radius 3 is 2.52 bits per heavy atom. The Hall–Kier alpha value is -3.70. The highest BCUT2D eigenvalue weighted by molar-refractivity contribution is 7.11. The number of hydrogen-bond donors (Lipinski definition) is 0. The van der Waals surface area contributed by atoms with E-state index in [1.54, 1.807) is 29.6 Å². The molecule has 0 aliphatic rings. The highest BCUT2D eigenvalue weighted by Gasteiger charge is 2.30. The van der Waals surface area contributed by atoms with E-state index in [1.165, 1.54) is 41.7 Å². The van der Waals surface area contributed by atoms with Crippen molar-refractivity contribution in [1.82, 2.24) is 4.98 Å². The van der Waals surface area contributed by atoms with Gasteiger partial charge in [-0.25, -0.2) is 9.37 Å². The molecule has 0 saturated heterocycles. The largest absolute Gasteiger partial charge is 0.457 e. The van der Waals surface area contributed by atoms with Crippen molar-refractivity contribution >= 4 is 23.0 Å². The van der Waals surface area contributed by atoms with Gasteiger partial charge < -0.3 is 4.42 Å². The van der Waals surface area contributed by atoms with Crippen molar-refractivity contribution in [3.63, 3.8) is 0 Å². The molecule has 0 amide bonds. The van der Waals surface area contributed by atoms with Crippen LogP contribution >= 0.6 is 11.3 Å².